The first-order chi connectivity index (χ1) is 11.9. The van der Waals surface area contributed by atoms with Crippen molar-refractivity contribution < 1.29 is 4.42 Å². The Bertz CT molecular complexity index is 1160. The van der Waals surface area contributed by atoms with E-state index in [4.69, 9.17) is 9.40 Å². The number of fused-ring (bicyclic) bond motifs is 2. The minimum absolute atomic E-state index is 0.798. The zero-order chi connectivity index (χ0) is 15.9. The van der Waals surface area contributed by atoms with Gasteiger partial charge in [-0.3, -0.25) is 4.98 Å². The highest BCUT2D eigenvalue weighted by Crippen LogP contribution is 2.33. The van der Waals surface area contributed by atoms with Crippen molar-refractivity contribution in [3.05, 3.63) is 72.6 Å². The van der Waals surface area contributed by atoms with E-state index in [0.29, 0.717) is 0 Å². The average molecular weight is 328 g/mol. The molecule has 4 heteroatoms. The third-order valence-corrected chi connectivity index (χ3v) is 4.96. The zero-order valence-corrected chi connectivity index (χ0v) is 13.5. The molecule has 5 aromatic rings. The van der Waals surface area contributed by atoms with Gasteiger partial charge in [-0.1, -0.05) is 36.4 Å². The van der Waals surface area contributed by atoms with Crippen LogP contribution in [0.3, 0.4) is 0 Å². The first-order valence-electron chi connectivity index (χ1n) is 7.65. The minimum atomic E-state index is 0.798. The average Bonchev–Trinajstić information content (AvgIpc) is 3.30. The van der Waals surface area contributed by atoms with Crippen molar-refractivity contribution in [3.63, 3.8) is 0 Å². The van der Waals surface area contributed by atoms with Gasteiger partial charge in [0.1, 0.15) is 11.8 Å². The number of pyridine rings is 1. The summed E-state index contributed by atoms with van der Waals surface area (Å²) < 4.78 is 5.71. The third-order valence-electron chi connectivity index (χ3n) is 4.16. The first-order valence-corrected chi connectivity index (χ1v) is 8.53. The molecule has 0 radical (unpaired) electrons. The van der Waals surface area contributed by atoms with E-state index in [9.17, 15) is 0 Å². The van der Waals surface area contributed by atoms with E-state index in [1.54, 1.807) is 17.6 Å². The maximum atomic E-state index is 5.71. The van der Waals surface area contributed by atoms with Crippen LogP contribution < -0.4 is 0 Å². The molecule has 24 heavy (non-hydrogen) atoms. The standard InChI is InChI=1S/C20H12N2OS/c1-2-4-14-9-15(6-5-13(14)3-1)16-11-23-18-8-7-17(22-20(16)18)19-10-21-12-24-19/h1-12H. The second kappa shape index (κ2) is 5.28. The van der Waals surface area contributed by atoms with Gasteiger partial charge in [-0.2, -0.15) is 0 Å². The lowest BCUT2D eigenvalue weighted by Gasteiger charge is -2.03. The van der Waals surface area contributed by atoms with Gasteiger partial charge in [-0.15, -0.1) is 11.3 Å². The number of hydrogen-bond donors (Lipinski definition) is 0. The van der Waals surface area contributed by atoms with Crippen LogP contribution in [0.15, 0.2) is 77.0 Å². The van der Waals surface area contributed by atoms with Gasteiger partial charge in [0.05, 0.1) is 16.1 Å². The van der Waals surface area contributed by atoms with Crippen LogP contribution in [0.25, 0.3) is 43.6 Å². The summed E-state index contributed by atoms with van der Waals surface area (Å²) in [5.41, 5.74) is 6.56. The molecule has 0 aliphatic carbocycles. The molecule has 3 heterocycles. The van der Waals surface area contributed by atoms with Crippen molar-refractivity contribution in [2.24, 2.45) is 0 Å². The highest BCUT2D eigenvalue weighted by Gasteiger charge is 2.12. The summed E-state index contributed by atoms with van der Waals surface area (Å²) in [5, 5.41) is 2.44. The fourth-order valence-electron chi connectivity index (χ4n) is 2.95. The van der Waals surface area contributed by atoms with Gasteiger partial charge in [0.15, 0.2) is 5.58 Å². The molecule has 5 rings (SSSR count). The molecule has 0 fully saturated rings. The summed E-state index contributed by atoms with van der Waals surface area (Å²) in [6, 6.07) is 18.7. The summed E-state index contributed by atoms with van der Waals surface area (Å²) >= 11 is 1.59. The predicted molar refractivity (Wildman–Crippen MR) is 98.1 cm³/mol. The van der Waals surface area contributed by atoms with E-state index in [0.717, 1.165) is 32.8 Å². The van der Waals surface area contributed by atoms with E-state index < -0.39 is 0 Å². The highest BCUT2D eigenvalue weighted by atomic mass is 32.1. The largest absolute Gasteiger partial charge is 0.462 e. The monoisotopic (exact) mass is 328 g/mol. The number of thiazole rings is 1. The van der Waals surface area contributed by atoms with Crippen LogP contribution in [0.2, 0.25) is 0 Å². The Balaban J connectivity index is 1.71. The van der Waals surface area contributed by atoms with Gasteiger partial charge in [-0.25, -0.2) is 4.98 Å². The molecule has 0 amide bonds. The van der Waals surface area contributed by atoms with Gasteiger partial charge in [0, 0.05) is 11.8 Å². The Morgan fingerprint density at radius 3 is 2.71 bits per heavy atom. The molecule has 3 nitrogen and oxygen atoms in total. The van der Waals surface area contributed by atoms with Crippen LogP contribution in [0.1, 0.15) is 0 Å². The van der Waals surface area contributed by atoms with E-state index in [1.807, 2.05) is 23.8 Å². The second-order valence-corrected chi connectivity index (χ2v) is 6.51. The van der Waals surface area contributed by atoms with Crippen LogP contribution in [-0.2, 0) is 0 Å². The summed E-state index contributed by atoms with van der Waals surface area (Å²) in [4.78, 5) is 10.0. The molecule has 0 N–H and O–H groups in total. The van der Waals surface area contributed by atoms with E-state index in [2.05, 4.69) is 47.4 Å². The smallest absolute Gasteiger partial charge is 0.153 e. The van der Waals surface area contributed by atoms with Crippen molar-refractivity contribution in [1.82, 2.24) is 9.97 Å². The Kier molecular flexibility index (Phi) is 2.96. The molecule has 114 valence electrons. The number of nitrogens with zero attached hydrogens (tertiary/aromatic N) is 2. The number of furan rings is 1. The van der Waals surface area contributed by atoms with Gasteiger partial charge >= 0.3 is 0 Å². The molecule has 0 atom stereocenters. The van der Waals surface area contributed by atoms with Crippen LogP contribution in [0.5, 0.6) is 0 Å². The molecule has 0 unspecified atom stereocenters. The Morgan fingerprint density at radius 1 is 0.917 bits per heavy atom. The highest BCUT2D eigenvalue weighted by molar-refractivity contribution is 7.13. The second-order valence-electron chi connectivity index (χ2n) is 5.62. The summed E-state index contributed by atoms with van der Waals surface area (Å²) in [7, 11) is 0. The number of hydrogen-bond acceptors (Lipinski definition) is 4. The molecular formula is C20H12N2OS. The normalized spacial score (nSPS) is 11.3. The lowest BCUT2D eigenvalue weighted by Crippen LogP contribution is -1.83. The minimum Gasteiger partial charge on any atom is -0.462 e. The summed E-state index contributed by atoms with van der Waals surface area (Å²) in [6.07, 6.45) is 3.63. The Hall–Kier alpha value is -2.98. The summed E-state index contributed by atoms with van der Waals surface area (Å²) in [6.45, 7) is 0. The zero-order valence-electron chi connectivity index (χ0n) is 12.6. The maximum Gasteiger partial charge on any atom is 0.153 e. The molecule has 3 aromatic heterocycles. The first kappa shape index (κ1) is 13.5. The van der Waals surface area contributed by atoms with Crippen LogP contribution in [0, 0.1) is 0 Å². The SMILES string of the molecule is c1ccc2cc(-c3coc4ccc(-c5cncs5)nc34)ccc2c1. The molecule has 0 saturated heterocycles. The van der Waals surface area contributed by atoms with E-state index >= 15 is 0 Å². The number of benzene rings is 2. The van der Waals surface area contributed by atoms with Crippen LogP contribution in [-0.4, -0.2) is 9.97 Å². The van der Waals surface area contributed by atoms with Crippen molar-refractivity contribution in [1.29, 1.82) is 0 Å². The fourth-order valence-corrected chi connectivity index (χ4v) is 3.55. The molecule has 0 aliphatic rings. The third kappa shape index (κ3) is 2.12. The van der Waals surface area contributed by atoms with Gasteiger partial charge in [0.25, 0.3) is 0 Å². The topological polar surface area (TPSA) is 38.9 Å². The fraction of sp³-hybridized carbons (Fsp3) is 0. The molecule has 2 aromatic carbocycles. The number of aromatic nitrogens is 2. The van der Waals surface area contributed by atoms with E-state index in [-0.39, 0.29) is 0 Å². The van der Waals surface area contributed by atoms with Crippen molar-refractivity contribution in [2.75, 3.05) is 0 Å². The number of rotatable bonds is 2. The molecule has 0 saturated carbocycles. The summed E-state index contributed by atoms with van der Waals surface area (Å²) in [5.74, 6) is 0. The van der Waals surface area contributed by atoms with Crippen molar-refractivity contribution >= 4 is 33.2 Å². The molecule has 0 bridgehead atoms. The van der Waals surface area contributed by atoms with Crippen LogP contribution >= 0.6 is 11.3 Å². The van der Waals surface area contributed by atoms with Gasteiger partial charge in [-0.05, 0) is 34.5 Å². The predicted octanol–water partition coefficient (Wildman–Crippen LogP) is 5.77. The lowest BCUT2D eigenvalue weighted by molar-refractivity contribution is 0.616. The lowest BCUT2D eigenvalue weighted by atomic mass is 10.0. The quantitative estimate of drug-likeness (QED) is 0.413. The van der Waals surface area contributed by atoms with E-state index in [1.165, 1.54) is 10.8 Å². The molecule has 0 spiro atoms. The van der Waals surface area contributed by atoms with Gasteiger partial charge in [0.2, 0.25) is 0 Å². The van der Waals surface area contributed by atoms with Crippen molar-refractivity contribution in [3.8, 4) is 21.7 Å². The van der Waals surface area contributed by atoms with Crippen LogP contribution in [0.4, 0.5) is 0 Å². The van der Waals surface area contributed by atoms with Gasteiger partial charge < -0.3 is 4.42 Å². The Labute approximate surface area is 142 Å². The Morgan fingerprint density at radius 2 is 1.83 bits per heavy atom. The maximum absolute atomic E-state index is 5.71. The molecule has 0 aliphatic heterocycles. The van der Waals surface area contributed by atoms with Crippen molar-refractivity contribution in [2.45, 2.75) is 0 Å². The molecular weight excluding hydrogens is 316 g/mol.